The second-order valence-corrected chi connectivity index (χ2v) is 8.04. The summed E-state index contributed by atoms with van der Waals surface area (Å²) in [6.07, 6.45) is -0.135. The maximum absolute atomic E-state index is 12.2. The number of nitrogens with zero attached hydrogens (tertiary/aromatic N) is 2. The molecule has 0 aliphatic rings. The predicted octanol–water partition coefficient (Wildman–Crippen LogP) is 4.78. The lowest BCUT2D eigenvalue weighted by Gasteiger charge is -2.12. The van der Waals surface area contributed by atoms with E-state index < -0.39 is 0 Å². The van der Waals surface area contributed by atoms with Gasteiger partial charge in [0.2, 0.25) is 0 Å². The number of imidazole rings is 1. The maximum Gasteiger partial charge on any atom is 0.326 e. The van der Waals surface area contributed by atoms with Crippen LogP contribution in [0.3, 0.4) is 0 Å². The van der Waals surface area contributed by atoms with E-state index in [4.69, 9.17) is 9.47 Å². The molecule has 0 spiro atoms. The molecule has 0 aliphatic carbocycles. The molecule has 0 saturated heterocycles. The molecule has 0 N–H and O–H groups in total. The van der Waals surface area contributed by atoms with Crippen molar-refractivity contribution in [2.45, 2.75) is 45.5 Å². The standard InChI is InChI=1S/C22H26N2O3S/c1-15(2)27-21(25)14-24-19-8-6-5-7-18(19)23-22(24)28-12-11-26-20-13-16(3)9-10-17(20)4/h5-10,13,15H,11-12,14H2,1-4H3. The van der Waals surface area contributed by atoms with Gasteiger partial charge in [0.15, 0.2) is 5.16 Å². The third kappa shape index (κ3) is 5.07. The third-order valence-corrected chi connectivity index (χ3v) is 5.13. The van der Waals surface area contributed by atoms with Crippen molar-refractivity contribution in [1.82, 2.24) is 9.55 Å². The number of rotatable bonds is 8. The third-order valence-electron chi connectivity index (χ3n) is 4.19. The highest BCUT2D eigenvalue weighted by molar-refractivity contribution is 7.99. The number of fused-ring (bicyclic) bond motifs is 1. The van der Waals surface area contributed by atoms with Gasteiger partial charge in [-0.25, -0.2) is 4.98 Å². The minimum atomic E-state index is -0.258. The molecule has 6 heteroatoms. The number of benzene rings is 2. The number of esters is 1. The Morgan fingerprint density at radius 1 is 1.18 bits per heavy atom. The molecule has 0 fully saturated rings. The fraction of sp³-hybridized carbons (Fsp3) is 0.364. The molecule has 0 atom stereocenters. The van der Waals surface area contributed by atoms with E-state index >= 15 is 0 Å². The minimum Gasteiger partial charge on any atom is -0.492 e. The van der Waals surface area contributed by atoms with Crippen LogP contribution in [0.4, 0.5) is 0 Å². The predicted molar refractivity (Wildman–Crippen MR) is 113 cm³/mol. The highest BCUT2D eigenvalue weighted by Crippen LogP contribution is 2.25. The van der Waals surface area contributed by atoms with Gasteiger partial charge < -0.3 is 14.0 Å². The van der Waals surface area contributed by atoms with E-state index in [2.05, 4.69) is 30.1 Å². The van der Waals surface area contributed by atoms with Crippen molar-refractivity contribution >= 4 is 28.8 Å². The first-order chi connectivity index (χ1) is 13.4. The number of aromatic nitrogens is 2. The second kappa shape index (κ2) is 9.15. The van der Waals surface area contributed by atoms with Crippen LogP contribution in [0, 0.1) is 13.8 Å². The first-order valence-electron chi connectivity index (χ1n) is 9.41. The SMILES string of the molecule is Cc1ccc(C)c(OCCSc2nc3ccccc3n2CC(=O)OC(C)C)c1. The normalized spacial score (nSPS) is 11.2. The van der Waals surface area contributed by atoms with E-state index in [1.54, 1.807) is 11.8 Å². The van der Waals surface area contributed by atoms with Gasteiger partial charge in [-0.3, -0.25) is 4.79 Å². The summed E-state index contributed by atoms with van der Waals surface area (Å²) in [6.45, 7) is 8.52. The number of ether oxygens (including phenoxy) is 2. The summed E-state index contributed by atoms with van der Waals surface area (Å²) >= 11 is 1.58. The molecule has 0 radical (unpaired) electrons. The Balaban J connectivity index is 1.69. The van der Waals surface area contributed by atoms with Crippen molar-refractivity contribution in [3.63, 3.8) is 0 Å². The zero-order chi connectivity index (χ0) is 20.1. The number of para-hydroxylation sites is 2. The van der Waals surface area contributed by atoms with Crippen molar-refractivity contribution in [1.29, 1.82) is 0 Å². The smallest absolute Gasteiger partial charge is 0.326 e. The molecule has 0 amide bonds. The average Bonchev–Trinajstić information content (AvgIpc) is 2.98. The van der Waals surface area contributed by atoms with E-state index in [-0.39, 0.29) is 18.6 Å². The lowest BCUT2D eigenvalue weighted by atomic mass is 10.1. The largest absolute Gasteiger partial charge is 0.492 e. The van der Waals surface area contributed by atoms with Gasteiger partial charge in [0.05, 0.1) is 23.7 Å². The van der Waals surface area contributed by atoms with Crippen LogP contribution in [0.5, 0.6) is 5.75 Å². The van der Waals surface area contributed by atoms with Crippen molar-refractivity contribution < 1.29 is 14.3 Å². The molecule has 28 heavy (non-hydrogen) atoms. The highest BCUT2D eigenvalue weighted by atomic mass is 32.2. The second-order valence-electron chi connectivity index (χ2n) is 6.97. The van der Waals surface area contributed by atoms with Gasteiger partial charge in [-0.05, 0) is 57.0 Å². The van der Waals surface area contributed by atoms with Gasteiger partial charge >= 0.3 is 5.97 Å². The molecule has 0 unspecified atom stereocenters. The zero-order valence-electron chi connectivity index (χ0n) is 16.8. The molecule has 5 nitrogen and oxygen atoms in total. The Labute approximate surface area is 170 Å². The number of carbonyl (C=O) groups is 1. The first kappa shape index (κ1) is 20.3. The molecule has 1 heterocycles. The lowest BCUT2D eigenvalue weighted by Crippen LogP contribution is -2.18. The van der Waals surface area contributed by atoms with E-state index in [9.17, 15) is 4.79 Å². The topological polar surface area (TPSA) is 53.4 Å². The first-order valence-corrected chi connectivity index (χ1v) is 10.4. The number of carbonyl (C=O) groups excluding carboxylic acids is 1. The minimum absolute atomic E-state index is 0.135. The Morgan fingerprint density at radius 3 is 2.75 bits per heavy atom. The zero-order valence-corrected chi connectivity index (χ0v) is 17.6. The Morgan fingerprint density at radius 2 is 1.96 bits per heavy atom. The van der Waals surface area contributed by atoms with Crippen molar-refractivity contribution in [2.24, 2.45) is 0 Å². The average molecular weight is 399 g/mol. The Hall–Kier alpha value is -2.47. The molecule has 0 bridgehead atoms. The summed E-state index contributed by atoms with van der Waals surface area (Å²) in [5, 5.41) is 0.798. The highest BCUT2D eigenvalue weighted by Gasteiger charge is 2.15. The molecular formula is C22H26N2O3S. The molecule has 0 aliphatic heterocycles. The number of hydrogen-bond donors (Lipinski definition) is 0. The molecule has 3 rings (SSSR count). The van der Waals surface area contributed by atoms with Gasteiger partial charge in [-0.1, -0.05) is 36.0 Å². The molecule has 0 saturated carbocycles. The summed E-state index contributed by atoms with van der Waals surface area (Å²) in [5.74, 6) is 1.39. The monoisotopic (exact) mass is 398 g/mol. The van der Waals surface area contributed by atoms with Crippen LogP contribution in [0.1, 0.15) is 25.0 Å². The van der Waals surface area contributed by atoms with E-state index in [0.29, 0.717) is 6.61 Å². The summed E-state index contributed by atoms with van der Waals surface area (Å²) in [5.41, 5.74) is 4.11. The van der Waals surface area contributed by atoms with Crippen LogP contribution in [0.2, 0.25) is 0 Å². The van der Waals surface area contributed by atoms with Crippen molar-refractivity contribution in [2.75, 3.05) is 12.4 Å². The van der Waals surface area contributed by atoms with Gasteiger partial charge in [0.1, 0.15) is 12.3 Å². The quantitative estimate of drug-likeness (QED) is 0.311. The van der Waals surface area contributed by atoms with E-state index in [1.165, 1.54) is 5.56 Å². The lowest BCUT2D eigenvalue weighted by molar-refractivity contribution is -0.148. The maximum atomic E-state index is 12.2. The van der Waals surface area contributed by atoms with Crippen molar-refractivity contribution in [3.05, 3.63) is 53.6 Å². The molecule has 3 aromatic rings. The number of aryl methyl sites for hydroxylation is 2. The van der Waals surface area contributed by atoms with Crippen LogP contribution < -0.4 is 4.74 Å². The summed E-state index contributed by atoms with van der Waals surface area (Å²) in [6, 6.07) is 14.0. The molecule has 1 aromatic heterocycles. The molecule has 2 aromatic carbocycles. The fourth-order valence-corrected chi connectivity index (χ4v) is 3.72. The van der Waals surface area contributed by atoms with Crippen LogP contribution in [-0.2, 0) is 16.1 Å². The number of thioether (sulfide) groups is 1. The van der Waals surface area contributed by atoms with E-state index in [1.807, 2.05) is 49.6 Å². The van der Waals surface area contributed by atoms with Crippen LogP contribution in [-0.4, -0.2) is 34.0 Å². The van der Waals surface area contributed by atoms with Gasteiger partial charge in [-0.15, -0.1) is 0 Å². The fourth-order valence-electron chi connectivity index (χ4n) is 2.89. The van der Waals surface area contributed by atoms with Gasteiger partial charge in [0.25, 0.3) is 0 Å². The summed E-state index contributed by atoms with van der Waals surface area (Å²) < 4.78 is 13.2. The van der Waals surface area contributed by atoms with Gasteiger partial charge in [0, 0.05) is 5.75 Å². The molecular weight excluding hydrogens is 372 g/mol. The van der Waals surface area contributed by atoms with Crippen molar-refractivity contribution in [3.8, 4) is 5.75 Å². The van der Waals surface area contributed by atoms with Gasteiger partial charge in [-0.2, -0.15) is 0 Å². The number of hydrogen-bond acceptors (Lipinski definition) is 5. The van der Waals surface area contributed by atoms with E-state index in [0.717, 1.165) is 33.3 Å². The Bertz CT molecular complexity index is 966. The summed E-state index contributed by atoms with van der Waals surface area (Å²) in [7, 11) is 0. The molecule has 148 valence electrons. The Kier molecular flexibility index (Phi) is 6.62. The van der Waals surface area contributed by atoms with Crippen LogP contribution in [0.15, 0.2) is 47.6 Å². The van der Waals surface area contributed by atoms with Crippen LogP contribution in [0.25, 0.3) is 11.0 Å². The van der Waals surface area contributed by atoms with Crippen LogP contribution >= 0.6 is 11.8 Å². The summed E-state index contributed by atoms with van der Waals surface area (Å²) in [4.78, 5) is 16.9.